The van der Waals surface area contributed by atoms with Crippen LogP contribution in [0.1, 0.15) is 10.6 Å². The Balaban J connectivity index is 1.33. The van der Waals surface area contributed by atoms with Crippen LogP contribution in [0.5, 0.6) is 5.75 Å². The Morgan fingerprint density at radius 1 is 1.24 bits per heavy atom. The van der Waals surface area contributed by atoms with Gasteiger partial charge >= 0.3 is 0 Å². The molecule has 4 heterocycles. The number of anilines is 1. The number of rotatable bonds is 8. The highest BCUT2D eigenvalue weighted by Crippen LogP contribution is 2.40. The molecule has 10 heteroatoms. The molecule has 1 saturated heterocycles. The molecule has 1 aromatic carbocycles. The fourth-order valence-corrected chi connectivity index (χ4v) is 5.18. The minimum Gasteiger partial charge on any atom is -0.496 e. The molecule has 0 unspecified atom stereocenters. The first-order valence-corrected chi connectivity index (χ1v) is 11.5. The molecule has 5 rings (SSSR count). The van der Waals surface area contributed by atoms with Crippen molar-refractivity contribution in [2.24, 2.45) is 0 Å². The Morgan fingerprint density at radius 3 is 2.79 bits per heavy atom. The number of fused-ring (bicyclic) bond motifs is 1. The highest BCUT2D eigenvalue weighted by atomic mass is 32.1. The van der Waals surface area contributed by atoms with E-state index < -0.39 is 5.82 Å². The van der Waals surface area contributed by atoms with Crippen LogP contribution in [0.2, 0.25) is 0 Å². The zero-order valence-corrected chi connectivity index (χ0v) is 19.5. The van der Waals surface area contributed by atoms with Gasteiger partial charge in [0.25, 0.3) is 0 Å². The summed E-state index contributed by atoms with van der Waals surface area (Å²) in [6, 6.07) is 12.6. The first kappa shape index (κ1) is 22.3. The van der Waals surface area contributed by atoms with E-state index in [4.69, 9.17) is 14.2 Å². The summed E-state index contributed by atoms with van der Waals surface area (Å²) in [5.41, 5.74) is 1.13. The molecule has 3 aromatic heterocycles. The Bertz CT molecular complexity index is 1380. The summed E-state index contributed by atoms with van der Waals surface area (Å²) in [5.74, 6) is 0.765. The molecule has 1 fully saturated rings. The van der Waals surface area contributed by atoms with Crippen LogP contribution in [0, 0.1) is 17.1 Å². The summed E-state index contributed by atoms with van der Waals surface area (Å²) in [4.78, 5) is 10.8. The number of aromatic nitrogens is 3. The van der Waals surface area contributed by atoms with Gasteiger partial charge in [0, 0.05) is 36.5 Å². The van der Waals surface area contributed by atoms with Gasteiger partial charge in [0.2, 0.25) is 0 Å². The SMILES string of the molecule is COc1ccc(F)c2c1cc(C#N)n2CCNc1cc(-c2ccc(C3(OC)COC3)s2)ncn1. The third kappa shape index (κ3) is 3.77. The van der Waals surface area contributed by atoms with Gasteiger partial charge < -0.3 is 24.1 Å². The maximum Gasteiger partial charge on any atom is 0.148 e. The van der Waals surface area contributed by atoms with Crippen molar-refractivity contribution in [2.75, 3.05) is 39.3 Å². The lowest BCUT2D eigenvalue weighted by molar-refractivity contribution is -0.200. The fraction of sp³-hybridized carbons (Fsp3) is 0.292. The van der Waals surface area contributed by atoms with Crippen molar-refractivity contribution < 1.29 is 18.6 Å². The van der Waals surface area contributed by atoms with Gasteiger partial charge in [-0.05, 0) is 30.3 Å². The minimum atomic E-state index is -0.402. The number of nitrogens with one attached hydrogen (secondary N) is 1. The molecule has 34 heavy (non-hydrogen) atoms. The number of nitrogens with zero attached hydrogens (tertiary/aromatic N) is 4. The van der Waals surface area contributed by atoms with Crippen molar-refractivity contribution in [3.8, 4) is 22.4 Å². The molecule has 0 spiro atoms. The van der Waals surface area contributed by atoms with Gasteiger partial charge in [-0.1, -0.05) is 0 Å². The predicted molar refractivity (Wildman–Crippen MR) is 127 cm³/mol. The summed E-state index contributed by atoms with van der Waals surface area (Å²) in [6.07, 6.45) is 1.51. The predicted octanol–water partition coefficient (Wildman–Crippen LogP) is 4.16. The van der Waals surface area contributed by atoms with Crippen molar-refractivity contribution in [3.05, 3.63) is 59.1 Å². The molecule has 0 saturated carbocycles. The Hall–Kier alpha value is -3.52. The molecule has 1 N–H and O–H groups in total. The Labute approximate surface area is 199 Å². The van der Waals surface area contributed by atoms with Gasteiger partial charge in [0.1, 0.15) is 41.1 Å². The van der Waals surface area contributed by atoms with Crippen molar-refractivity contribution in [1.29, 1.82) is 5.26 Å². The standard InChI is InChI=1S/C24H22FN5O3S/c1-31-19-4-3-17(25)23-16(19)9-15(11-26)30(23)8-7-27-22-10-18(28-14-29-22)20-5-6-21(34-20)24(32-2)12-33-13-24/h3-6,9-10,14H,7-8,12-13H2,1-2H3,(H,27,28,29). The zero-order chi connectivity index (χ0) is 23.7. The quantitative estimate of drug-likeness (QED) is 0.405. The Kier molecular flexibility index (Phi) is 5.91. The molecule has 0 amide bonds. The molecule has 1 aliphatic rings. The number of thiophene rings is 1. The summed E-state index contributed by atoms with van der Waals surface area (Å²) in [7, 11) is 3.22. The molecule has 8 nitrogen and oxygen atoms in total. The highest BCUT2D eigenvalue weighted by molar-refractivity contribution is 7.15. The van der Waals surface area contributed by atoms with Gasteiger partial charge in [0.05, 0.1) is 36.4 Å². The van der Waals surface area contributed by atoms with Crippen LogP contribution >= 0.6 is 11.3 Å². The number of benzene rings is 1. The van der Waals surface area contributed by atoms with Crippen molar-refractivity contribution in [3.63, 3.8) is 0 Å². The van der Waals surface area contributed by atoms with E-state index in [1.54, 1.807) is 35.1 Å². The third-order valence-electron chi connectivity index (χ3n) is 5.98. The van der Waals surface area contributed by atoms with Gasteiger partial charge in [-0.2, -0.15) is 5.26 Å². The number of hydrogen-bond donors (Lipinski definition) is 1. The first-order chi connectivity index (χ1) is 16.6. The van der Waals surface area contributed by atoms with E-state index in [0.29, 0.717) is 54.5 Å². The average molecular weight is 480 g/mol. The normalized spacial score (nSPS) is 14.5. The van der Waals surface area contributed by atoms with Gasteiger partial charge in [0.15, 0.2) is 0 Å². The maximum atomic E-state index is 14.6. The monoisotopic (exact) mass is 479 g/mol. The first-order valence-electron chi connectivity index (χ1n) is 10.6. The molecular formula is C24H22FN5O3S. The van der Waals surface area contributed by atoms with E-state index in [-0.39, 0.29) is 5.60 Å². The third-order valence-corrected chi connectivity index (χ3v) is 7.27. The summed E-state index contributed by atoms with van der Waals surface area (Å²) in [5, 5.41) is 13.4. The van der Waals surface area contributed by atoms with Crippen LogP contribution < -0.4 is 10.1 Å². The smallest absolute Gasteiger partial charge is 0.148 e. The summed E-state index contributed by atoms with van der Waals surface area (Å²) >= 11 is 1.62. The van der Waals surface area contributed by atoms with Crippen molar-refractivity contribution in [1.82, 2.24) is 14.5 Å². The molecule has 0 aliphatic carbocycles. The highest BCUT2D eigenvalue weighted by Gasteiger charge is 2.42. The second-order valence-electron chi connectivity index (χ2n) is 7.88. The number of halogens is 1. The van der Waals surface area contributed by atoms with Crippen LogP contribution in [0.3, 0.4) is 0 Å². The average Bonchev–Trinajstić information content (AvgIpc) is 3.46. The van der Waals surface area contributed by atoms with E-state index >= 15 is 0 Å². The lowest BCUT2D eigenvalue weighted by Crippen LogP contribution is -2.47. The number of ether oxygens (including phenoxy) is 3. The second-order valence-corrected chi connectivity index (χ2v) is 8.96. The second kappa shape index (κ2) is 9.02. The summed E-state index contributed by atoms with van der Waals surface area (Å²) in [6.45, 7) is 1.90. The van der Waals surface area contributed by atoms with Gasteiger partial charge in [-0.15, -0.1) is 11.3 Å². The van der Waals surface area contributed by atoms with Crippen molar-refractivity contribution in [2.45, 2.75) is 12.1 Å². The molecule has 4 aromatic rings. The lowest BCUT2D eigenvalue weighted by atomic mass is 10.0. The molecular weight excluding hydrogens is 457 g/mol. The van der Waals surface area contributed by atoms with Crippen LogP contribution in [0.15, 0.2) is 42.7 Å². The minimum absolute atomic E-state index is 0.347. The van der Waals surface area contributed by atoms with Crippen LogP contribution in [-0.4, -0.2) is 48.5 Å². The number of nitriles is 1. The van der Waals surface area contributed by atoms with Crippen LogP contribution in [0.4, 0.5) is 10.2 Å². The lowest BCUT2D eigenvalue weighted by Gasteiger charge is -2.39. The fourth-order valence-electron chi connectivity index (χ4n) is 4.07. The van der Waals surface area contributed by atoms with Crippen molar-refractivity contribution >= 4 is 28.1 Å². The molecule has 0 bridgehead atoms. The van der Waals surface area contributed by atoms with Crippen LogP contribution in [-0.2, 0) is 21.6 Å². The molecule has 174 valence electrons. The summed E-state index contributed by atoms with van der Waals surface area (Å²) < 4.78 is 32.6. The van der Waals surface area contributed by atoms with E-state index in [1.165, 1.54) is 19.5 Å². The Morgan fingerprint density at radius 2 is 2.09 bits per heavy atom. The number of hydrogen-bond acceptors (Lipinski definition) is 8. The van der Waals surface area contributed by atoms with Crippen LogP contribution in [0.25, 0.3) is 21.5 Å². The van der Waals surface area contributed by atoms with Gasteiger partial charge in [-0.25, -0.2) is 14.4 Å². The molecule has 1 aliphatic heterocycles. The maximum absolute atomic E-state index is 14.6. The molecule has 0 radical (unpaired) electrons. The zero-order valence-electron chi connectivity index (χ0n) is 18.7. The van der Waals surface area contributed by atoms with Gasteiger partial charge in [-0.3, -0.25) is 0 Å². The number of methoxy groups -OCH3 is 2. The topological polar surface area (TPSA) is 94.2 Å². The molecule has 0 atom stereocenters. The van der Waals surface area contributed by atoms with E-state index in [1.807, 2.05) is 18.2 Å². The largest absolute Gasteiger partial charge is 0.496 e. The van der Waals surface area contributed by atoms with E-state index in [0.717, 1.165) is 15.4 Å². The van der Waals surface area contributed by atoms with E-state index in [2.05, 4.69) is 21.4 Å². The van der Waals surface area contributed by atoms with E-state index in [9.17, 15) is 9.65 Å².